The van der Waals surface area contributed by atoms with Gasteiger partial charge in [0.1, 0.15) is 11.4 Å². The summed E-state index contributed by atoms with van der Waals surface area (Å²) in [4.78, 5) is 0. The lowest BCUT2D eigenvalue weighted by Crippen LogP contribution is -2.09. The zero-order chi connectivity index (χ0) is 14.5. The van der Waals surface area contributed by atoms with Crippen molar-refractivity contribution in [3.05, 3.63) is 30.6 Å². The van der Waals surface area contributed by atoms with Crippen LogP contribution >= 0.6 is 0 Å². The van der Waals surface area contributed by atoms with Gasteiger partial charge in [0.25, 0.3) is 6.43 Å². The first kappa shape index (κ1) is 14.1. The third-order valence-corrected chi connectivity index (χ3v) is 2.65. The molecule has 1 aromatic carbocycles. The van der Waals surface area contributed by atoms with Crippen LogP contribution < -0.4 is 10.6 Å². The standard InChI is InChI=1S/C13H16F2N4O/c1-2-16-9-3-4-11(12(20)5-9)19-8-10(6-18-19)17-7-13(14)15/h3-6,8,13,16-17,20H,2,7H2,1H3. The fourth-order valence-electron chi connectivity index (χ4n) is 1.77. The SMILES string of the molecule is CCNc1ccc(-n2cc(NCC(F)F)cn2)c(O)c1. The van der Waals surface area contributed by atoms with Gasteiger partial charge in [-0.05, 0) is 19.1 Å². The number of phenolic OH excluding ortho intramolecular Hbond substituents is 1. The highest BCUT2D eigenvalue weighted by Gasteiger charge is 2.08. The van der Waals surface area contributed by atoms with Gasteiger partial charge in [-0.2, -0.15) is 5.10 Å². The number of hydrogen-bond donors (Lipinski definition) is 3. The summed E-state index contributed by atoms with van der Waals surface area (Å²) in [5.41, 5.74) is 1.76. The second-order valence-electron chi connectivity index (χ2n) is 4.18. The van der Waals surface area contributed by atoms with Gasteiger partial charge in [-0.1, -0.05) is 0 Å². The highest BCUT2D eigenvalue weighted by molar-refractivity contribution is 5.57. The highest BCUT2D eigenvalue weighted by Crippen LogP contribution is 2.25. The summed E-state index contributed by atoms with van der Waals surface area (Å²) in [5.74, 6) is 0.0620. The lowest BCUT2D eigenvalue weighted by Gasteiger charge is -2.08. The second kappa shape index (κ2) is 6.23. The number of benzene rings is 1. The van der Waals surface area contributed by atoms with E-state index >= 15 is 0 Å². The molecule has 0 atom stereocenters. The molecule has 0 bridgehead atoms. The molecule has 7 heteroatoms. The van der Waals surface area contributed by atoms with Gasteiger partial charge in [0.05, 0.1) is 24.6 Å². The number of anilines is 2. The third kappa shape index (κ3) is 3.37. The first-order valence-electron chi connectivity index (χ1n) is 6.24. The van der Waals surface area contributed by atoms with E-state index in [9.17, 15) is 13.9 Å². The summed E-state index contributed by atoms with van der Waals surface area (Å²) in [6, 6.07) is 5.11. The number of phenols is 1. The van der Waals surface area contributed by atoms with Crippen molar-refractivity contribution in [2.45, 2.75) is 13.3 Å². The van der Waals surface area contributed by atoms with Gasteiger partial charge in [-0.3, -0.25) is 0 Å². The summed E-state index contributed by atoms with van der Waals surface area (Å²) in [7, 11) is 0. The third-order valence-electron chi connectivity index (χ3n) is 2.65. The van der Waals surface area contributed by atoms with Gasteiger partial charge < -0.3 is 15.7 Å². The Morgan fingerprint density at radius 2 is 2.10 bits per heavy atom. The molecule has 1 heterocycles. The molecule has 0 fully saturated rings. The molecule has 0 saturated carbocycles. The number of rotatable bonds is 6. The topological polar surface area (TPSA) is 62.1 Å². The van der Waals surface area contributed by atoms with Crippen LogP contribution in [0.1, 0.15) is 6.92 Å². The highest BCUT2D eigenvalue weighted by atomic mass is 19.3. The number of hydrogen-bond acceptors (Lipinski definition) is 4. The molecule has 2 rings (SSSR count). The Morgan fingerprint density at radius 1 is 1.30 bits per heavy atom. The van der Waals surface area contributed by atoms with Gasteiger partial charge in [-0.15, -0.1) is 0 Å². The number of nitrogens with one attached hydrogen (secondary N) is 2. The van der Waals surface area contributed by atoms with Gasteiger partial charge >= 0.3 is 0 Å². The summed E-state index contributed by atoms with van der Waals surface area (Å²) in [6.07, 6.45) is 0.552. The minimum Gasteiger partial charge on any atom is -0.506 e. The second-order valence-corrected chi connectivity index (χ2v) is 4.18. The van der Waals surface area contributed by atoms with Crippen LogP contribution in [0, 0.1) is 0 Å². The molecule has 0 aliphatic carbocycles. The number of alkyl halides is 2. The van der Waals surface area contributed by atoms with Crippen LogP contribution in [0.25, 0.3) is 5.69 Å². The number of nitrogens with zero attached hydrogens (tertiary/aromatic N) is 2. The maximum absolute atomic E-state index is 12.1. The van der Waals surface area contributed by atoms with Crippen molar-refractivity contribution in [2.75, 3.05) is 23.7 Å². The molecule has 108 valence electrons. The summed E-state index contributed by atoms with van der Waals surface area (Å²) in [6.45, 7) is 2.28. The monoisotopic (exact) mass is 282 g/mol. The van der Waals surface area contributed by atoms with Crippen LogP contribution in [0.4, 0.5) is 20.2 Å². The fourth-order valence-corrected chi connectivity index (χ4v) is 1.77. The van der Waals surface area contributed by atoms with Gasteiger partial charge in [0, 0.05) is 18.3 Å². The van der Waals surface area contributed by atoms with E-state index in [1.165, 1.54) is 10.9 Å². The lowest BCUT2D eigenvalue weighted by molar-refractivity contribution is 0.163. The van der Waals surface area contributed by atoms with Crippen molar-refractivity contribution in [3.8, 4) is 11.4 Å². The molecule has 0 aliphatic rings. The molecule has 1 aromatic heterocycles. The van der Waals surface area contributed by atoms with E-state index < -0.39 is 13.0 Å². The average molecular weight is 282 g/mol. The molecular formula is C13H16F2N4O. The van der Waals surface area contributed by atoms with E-state index in [-0.39, 0.29) is 5.75 Å². The van der Waals surface area contributed by atoms with Crippen molar-refractivity contribution < 1.29 is 13.9 Å². The smallest absolute Gasteiger partial charge is 0.255 e. The molecule has 5 nitrogen and oxygen atoms in total. The molecule has 0 aliphatic heterocycles. The summed E-state index contributed by atoms with van der Waals surface area (Å²) < 4.78 is 25.6. The molecule has 0 radical (unpaired) electrons. The summed E-state index contributed by atoms with van der Waals surface area (Å²) in [5, 5.41) is 19.6. The lowest BCUT2D eigenvalue weighted by atomic mass is 10.2. The number of aromatic nitrogens is 2. The normalized spacial score (nSPS) is 10.8. The van der Waals surface area contributed by atoms with Gasteiger partial charge in [-0.25, -0.2) is 13.5 Å². The van der Waals surface area contributed by atoms with E-state index in [2.05, 4.69) is 15.7 Å². The summed E-state index contributed by atoms with van der Waals surface area (Å²) >= 11 is 0. The molecule has 0 amide bonds. The average Bonchev–Trinajstić information content (AvgIpc) is 2.85. The molecule has 2 aromatic rings. The largest absolute Gasteiger partial charge is 0.506 e. The van der Waals surface area contributed by atoms with E-state index in [1.54, 1.807) is 18.3 Å². The first-order chi connectivity index (χ1) is 9.60. The Kier molecular flexibility index (Phi) is 4.39. The predicted molar refractivity (Wildman–Crippen MR) is 73.9 cm³/mol. The van der Waals surface area contributed by atoms with Crippen LogP contribution in [0.2, 0.25) is 0 Å². The maximum atomic E-state index is 12.1. The van der Waals surface area contributed by atoms with E-state index in [1.807, 2.05) is 13.0 Å². The Balaban J connectivity index is 2.15. The molecule has 0 unspecified atom stereocenters. The van der Waals surface area contributed by atoms with Gasteiger partial charge in [0.15, 0.2) is 0 Å². The van der Waals surface area contributed by atoms with Crippen LogP contribution in [-0.4, -0.2) is 34.4 Å². The quantitative estimate of drug-likeness (QED) is 0.762. The van der Waals surface area contributed by atoms with Crippen molar-refractivity contribution in [3.63, 3.8) is 0 Å². The minimum absolute atomic E-state index is 0.0620. The zero-order valence-electron chi connectivity index (χ0n) is 11.0. The molecule has 0 saturated heterocycles. The minimum atomic E-state index is -2.42. The Bertz CT molecular complexity index is 571. The number of halogens is 2. The van der Waals surface area contributed by atoms with Crippen molar-refractivity contribution in [1.29, 1.82) is 0 Å². The number of aromatic hydroxyl groups is 1. The molecular weight excluding hydrogens is 266 g/mol. The van der Waals surface area contributed by atoms with Crippen molar-refractivity contribution in [2.24, 2.45) is 0 Å². The van der Waals surface area contributed by atoms with Crippen molar-refractivity contribution in [1.82, 2.24) is 9.78 Å². The van der Waals surface area contributed by atoms with E-state index in [0.29, 0.717) is 11.4 Å². The molecule has 0 spiro atoms. The molecule has 20 heavy (non-hydrogen) atoms. The van der Waals surface area contributed by atoms with E-state index in [4.69, 9.17) is 0 Å². The maximum Gasteiger partial charge on any atom is 0.255 e. The van der Waals surface area contributed by atoms with Gasteiger partial charge in [0.2, 0.25) is 0 Å². The van der Waals surface area contributed by atoms with Crippen LogP contribution in [0.15, 0.2) is 30.6 Å². The Labute approximate surface area is 115 Å². The zero-order valence-corrected chi connectivity index (χ0v) is 11.0. The Morgan fingerprint density at radius 3 is 2.75 bits per heavy atom. The predicted octanol–water partition coefficient (Wildman–Crippen LogP) is 2.69. The van der Waals surface area contributed by atoms with Crippen LogP contribution in [0.5, 0.6) is 5.75 Å². The van der Waals surface area contributed by atoms with Crippen LogP contribution in [-0.2, 0) is 0 Å². The Hall–Kier alpha value is -2.31. The van der Waals surface area contributed by atoms with E-state index in [0.717, 1.165) is 12.2 Å². The van der Waals surface area contributed by atoms with Crippen molar-refractivity contribution >= 4 is 11.4 Å². The van der Waals surface area contributed by atoms with Crippen LogP contribution in [0.3, 0.4) is 0 Å². The fraction of sp³-hybridized carbons (Fsp3) is 0.308. The molecule has 3 N–H and O–H groups in total. The first-order valence-corrected chi connectivity index (χ1v) is 6.24.